The summed E-state index contributed by atoms with van der Waals surface area (Å²) >= 11 is 2.00. The van der Waals surface area contributed by atoms with Crippen LogP contribution in [-0.2, 0) is 53.0 Å². The Morgan fingerprint density at radius 3 is 0.840 bits per heavy atom. The van der Waals surface area contributed by atoms with Gasteiger partial charge in [0.15, 0.2) is 0 Å². The van der Waals surface area contributed by atoms with Gasteiger partial charge in [0.25, 0.3) is 0 Å². The van der Waals surface area contributed by atoms with E-state index < -0.39 is 0 Å². The fraction of sp³-hybridized carbons (Fsp3) is 0.802. The van der Waals surface area contributed by atoms with E-state index >= 15 is 0 Å². The molecule has 1 aliphatic heterocycles. The molecule has 3 rings (SSSR count). The van der Waals surface area contributed by atoms with Crippen LogP contribution in [0.2, 0.25) is 10.8 Å². The van der Waals surface area contributed by atoms with Gasteiger partial charge in [-0.3, -0.25) is 0 Å². The predicted molar refractivity (Wildman–Crippen MR) is 421 cm³/mol. The fourth-order valence-electron chi connectivity index (χ4n) is 14.4. The molecule has 2 nitrogen and oxygen atoms in total. The van der Waals surface area contributed by atoms with Gasteiger partial charge < -0.3 is 5.53 Å². The van der Waals surface area contributed by atoms with Gasteiger partial charge in [-0.1, -0.05) is 292 Å². The number of nitrogens with zero attached hydrogens (tertiary/aromatic N) is 2. The van der Waals surface area contributed by atoms with Gasteiger partial charge >= 0.3 is 103 Å². The molecule has 0 N–H and O–H groups in total. The van der Waals surface area contributed by atoms with Crippen molar-refractivity contribution in [1.82, 2.24) is 0 Å². The molecule has 0 aliphatic carbocycles. The van der Waals surface area contributed by atoms with Crippen LogP contribution >= 0.6 is 0 Å². The van der Waals surface area contributed by atoms with Crippen LogP contribution in [0.15, 0.2) is 35.4 Å². The second-order valence-electron chi connectivity index (χ2n) is 29.4. The summed E-state index contributed by atoms with van der Waals surface area (Å²) in [7, 11) is 0. The average molecular weight is 1340 g/mol. The summed E-state index contributed by atoms with van der Waals surface area (Å²) in [5.41, 5.74) is 29.4. The molecule has 0 spiro atoms. The summed E-state index contributed by atoms with van der Waals surface area (Å²) < 4.78 is 1.68. The van der Waals surface area contributed by atoms with E-state index in [1.807, 2.05) is 14.4 Å². The van der Waals surface area contributed by atoms with Gasteiger partial charge in [0, 0.05) is 23.1 Å². The second-order valence-corrected chi connectivity index (χ2v) is 30.9. The van der Waals surface area contributed by atoms with Gasteiger partial charge in [-0.25, -0.2) is 4.70 Å². The Morgan fingerprint density at radius 2 is 0.532 bits per heavy atom. The molecule has 544 valence electrons. The molecule has 0 unspecified atom stereocenters. The molecule has 0 saturated carbocycles. The molecular weight excluding hydrogens is 1180 g/mol. The molecule has 0 amide bonds. The molecule has 0 bridgehead atoms. The quantitative estimate of drug-likeness (QED) is 0.0273. The van der Waals surface area contributed by atoms with E-state index in [0.717, 1.165) is 74.8 Å². The summed E-state index contributed by atoms with van der Waals surface area (Å²) in [6, 6.07) is 10.2. The van der Waals surface area contributed by atoms with Crippen molar-refractivity contribution < 1.29 is 19.1 Å². The predicted octanol–water partition coefficient (Wildman–Crippen LogP) is 31.7. The van der Waals surface area contributed by atoms with E-state index in [-0.39, 0.29) is 0 Å². The maximum absolute atomic E-state index is 13.2. The number of hydrogen-bond acceptors (Lipinski definition) is 0. The Kier molecular flexibility index (Phi) is 59.7. The summed E-state index contributed by atoms with van der Waals surface area (Å²) in [5.74, 6) is 7.71. The zero-order chi connectivity index (χ0) is 68.0. The average Bonchev–Trinajstić information content (AvgIpc) is 1.58. The normalized spacial score (nSPS) is 12.4. The summed E-state index contributed by atoms with van der Waals surface area (Å²) in [6.07, 6.45) is 80.2. The molecule has 1 aliphatic rings. The number of allylic oxidation sites excluding steroid dienone is 2. The Labute approximate surface area is 595 Å². The molecule has 0 radical (unpaired) electrons. The number of benzene rings is 2. The van der Waals surface area contributed by atoms with Gasteiger partial charge in [-0.15, -0.1) is 0 Å². The first kappa shape index (κ1) is 87.7. The van der Waals surface area contributed by atoms with Gasteiger partial charge in [0.1, 0.15) is 5.57 Å². The molecule has 0 saturated heterocycles. The van der Waals surface area contributed by atoms with E-state index in [4.69, 9.17) is 0 Å². The van der Waals surface area contributed by atoms with Crippen LogP contribution in [0.4, 0.5) is 0 Å². The zero-order valence-electron chi connectivity index (χ0n) is 65.1. The molecule has 0 atom stereocenters. The van der Waals surface area contributed by atoms with E-state index in [1.54, 1.807) is 27.0 Å². The second kappa shape index (κ2) is 64.0. The van der Waals surface area contributed by atoms with Gasteiger partial charge in [-0.05, 0) is 154 Å². The Morgan fingerprint density at radius 1 is 0.277 bits per heavy atom. The summed E-state index contributed by atoms with van der Waals surface area (Å²) in [4.78, 5) is 0. The van der Waals surface area contributed by atoms with Crippen molar-refractivity contribution in [1.29, 1.82) is 0 Å². The van der Waals surface area contributed by atoms with Crippen LogP contribution in [0, 0.1) is 11.8 Å². The van der Waals surface area contributed by atoms with E-state index in [1.165, 1.54) is 372 Å². The van der Waals surface area contributed by atoms with Gasteiger partial charge in [0.05, 0.1) is 0 Å². The maximum atomic E-state index is 13.2. The number of hydrogen-bond donors (Lipinski definition) is 0. The van der Waals surface area contributed by atoms with E-state index in [9.17, 15) is 5.53 Å². The molecular formula is C91H160N2Ni. The van der Waals surface area contributed by atoms with E-state index in [0.29, 0.717) is 0 Å². The number of unbranched alkanes of at least 4 members (excludes halogenated alkanes) is 44. The van der Waals surface area contributed by atoms with Crippen LogP contribution in [-0.4, -0.2) is 4.70 Å². The molecule has 2 aromatic rings. The third-order valence-corrected chi connectivity index (χ3v) is 21.9. The molecule has 94 heavy (non-hydrogen) atoms. The van der Waals surface area contributed by atoms with Crippen molar-refractivity contribution in [2.24, 2.45) is 0 Å². The molecule has 3 heteroatoms. The standard InChI is InChI=1S/C77H130N2.2C7H15.Ni/c1-9-17-25-26-27-28-29-30-31-32-33-34-35-36-37-38-39-40-41-42-43-44-45-46-53-61-75-74(58-24-16-8)76(70-62-66(54-47-18-10-2)72(59-51-22-14-6)67(63-70)55-48-19-11-3)79(78)77(75)71-64-68(56-49-20-12-4)73(60-52-23-15-7)69(65-71)57-50-21-13-5;2*1-3-5-7-6-4-2;/h62-65H,9-52,54-60H2,1-8H3;2*1,3-7H2,2H3;. The Bertz CT molecular complexity index is 2160. The van der Waals surface area contributed by atoms with Gasteiger partial charge in [-0.2, -0.15) is 0 Å². The van der Waals surface area contributed by atoms with E-state index in [2.05, 4.69) is 105 Å². The third-order valence-electron chi connectivity index (χ3n) is 20.5. The first-order chi connectivity index (χ1) is 46.3. The summed E-state index contributed by atoms with van der Waals surface area (Å²) in [6.45, 7) is 23.2. The first-order valence-electron chi connectivity index (χ1n) is 42.6. The van der Waals surface area contributed by atoms with Crippen LogP contribution in [0.1, 0.15) is 467 Å². The fourth-order valence-corrected chi connectivity index (χ4v) is 15.7. The van der Waals surface area contributed by atoms with Crippen molar-refractivity contribution in [3.63, 3.8) is 0 Å². The minimum absolute atomic E-state index is 0.925. The van der Waals surface area contributed by atoms with Crippen LogP contribution in [0.25, 0.3) is 16.9 Å². The third kappa shape index (κ3) is 41.2. The molecule has 0 aromatic heterocycles. The Hall–Kier alpha value is -2.43. The van der Waals surface area contributed by atoms with Crippen molar-refractivity contribution in [2.45, 2.75) is 472 Å². The van der Waals surface area contributed by atoms with Crippen LogP contribution in [0.5, 0.6) is 0 Å². The number of rotatable bonds is 64. The minimum atomic E-state index is 0.925. The molecule has 1 heterocycles. The summed E-state index contributed by atoms with van der Waals surface area (Å²) in [5, 5.41) is 2.84. The topological polar surface area (TPSA) is 25.3 Å². The Balaban J connectivity index is 0.00000177. The van der Waals surface area contributed by atoms with Crippen LogP contribution in [0.3, 0.4) is 0 Å². The monoisotopic (exact) mass is 1340 g/mol. The number of aryl methyl sites for hydroxylation is 4. The van der Waals surface area contributed by atoms with Gasteiger partial charge in [0.2, 0.25) is 11.4 Å². The molecule has 2 aromatic carbocycles. The van der Waals surface area contributed by atoms with Crippen molar-refractivity contribution in [3.8, 4) is 11.8 Å². The van der Waals surface area contributed by atoms with Crippen molar-refractivity contribution in [3.05, 3.63) is 85.5 Å². The SMILES string of the molecule is CCCCCCCCCCCCCCCCCCCCCCCCCC#CC1=C(c2cc(CCCCC)c(CCCCC)c(CCCCC)c2)[N+](=[N-])C(c2cc(CCCCC)c(CCCCC)c(CCCCC)c2)=C1CCCC.CCCCCC[CH2][Ni][CH2]CCCCCC. The van der Waals surface area contributed by atoms with Crippen molar-refractivity contribution in [2.75, 3.05) is 0 Å². The zero-order valence-corrected chi connectivity index (χ0v) is 66.1. The van der Waals surface area contributed by atoms with Crippen LogP contribution < -0.4 is 0 Å². The van der Waals surface area contributed by atoms with Crippen molar-refractivity contribution >= 4 is 11.4 Å². The molecule has 0 fully saturated rings. The first-order valence-corrected chi connectivity index (χ1v) is 44.0.